The van der Waals surface area contributed by atoms with E-state index in [1.54, 1.807) is 18.2 Å². The highest BCUT2D eigenvalue weighted by molar-refractivity contribution is 6.03. The van der Waals surface area contributed by atoms with Gasteiger partial charge in [0.05, 0.1) is 0 Å². The lowest BCUT2D eigenvalue weighted by atomic mass is 10.1. The molecule has 3 N–H and O–H groups in total. The predicted molar refractivity (Wildman–Crippen MR) is 86.2 cm³/mol. The monoisotopic (exact) mass is 300 g/mol. The number of carbonyl (C=O) groups excluding carboxylic acids is 1. The number of aromatic nitrogens is 2. The molecule has 0 atom stereocenters. The number of rotatable bonds is 3. The molecule has 0 saturated carbocycles. The first kappa shape index (κ1) is 15.8. The van der Waals surface area contributed by atoms with E-state index < -0.39 is 0 Å². The van der Waals surface area contributed by atoms with E-state index in [4.69, 9.17) is 0 Å². The number of anilines is 2. The molecule has 0 unspecified atom stereocenters. The second kappa shape index (κ2) is 6.01. The average Bonchev–Trinajstić information content (AvgIpc) is 2.40. The van der Waals surface area contributed by atoms with Gasteiger partial charge in [0.25, 0.3) is 5.91 Å². The Morgan fingerprint density at radius 1 is 1.18 bits per heavy atom. The molecule has 6 nitrogen and oxygen atoms in total. The van der Waals surface area contributed by atoms with Crippen LogP contribution in [0.1, 0.15) is 36.8 Å². The van der Waals surface area contributed by atoms with Crippen molar-refractivity contribution in [1.29, 1.82) is 0 Å². The lowest BCUT2D eigenvalue weighted by molar-refractivity contribution is 0.102. The number of phenolic OH excluding ortho intramolecular Hbond substituents is 1. The molecule has 0 fully saturated rings. The summed E-state index contributed by atoms with van der Waals surface area (Å²) < 4.78 is 0. The molecular weight excluding hydrogens is 280 g/mol. The molecule has 0 radical (unpaired) electrons. The van der Waals surface area contributed by atoms with Crippen LogP contribution in [-0.2, 0) is 0 Å². The van der Waals surface area contributed by atoms with Crippen LogP contribution < -0.4 is 10.6 Å². The molecule has 0 spiro atoms. The summed E-state index contributed by atoms with van der Waals surface area (Å²) in [6.07, 6.45) is 1.35. The molecule has 116 valence electrons. The predicted octanol–water partition coefficient (Wildman–Crippen LogP) is 2.95. The Kier molecular flexibility index (Phi) is 4.30. The number of benzene rings is 1. The minimum atomic E-state index is -0.326. The lowest BCUT2D eigenvalue weighted by Gasteiger charge is -2.21. The molecule has 22 heavy (non-hydrogen) atoms. The van der Waals surface area contributed by atoms with Crippen molar-refractivity contribution in [3.63, 3.8) is 0 Å². The molecule has 0 saturated heterocycles. The van der Waals surface area contributed by atoms with Crippen LogP contribution in [0, 0.1) is 6.92 Å². The molecule has 0 aliphatic carbocycles. The normalized spacial score (nSPS) is 11.1. The van der Waals surface area contributed by atoms with Gasteiger partial charge >= 0.3 is 0 Å². The summed E-state index contributed by atoms with van der Waals surface area (Å²) >= 11 is 0. The summed E-state index contributed by atoms with van der Waals surface area (Å²) in [6.45, 7) is 7.83. The molecule has 2 rings (SSSR count). The van der Waals surface area contributed by atoms with E-state index >= 15 is 0 Å². The molecule has 1 amide bonds. The number of nitrogens with zero attached hydrogens (tertiary/aromatic N) is 2. The highest BCUT2D eigenvalue weighted by atomic mass is 16.3. The van der Waals surface area contributed by atoms with E-state index in [1.165, 1.54) is 12.4 Å². The zero-order valence-corrected chi connectivity index (χ0v) is 13.1. The number of phenols is 1. The average molecular weight is 300 g/mol. The zero-order chi connectivity index (χ0) is 16.3. The molecule has 6 heteroatoms. The highest BCUT2D eigenvalue weighted by Crippen LogP contribution is 2.21. The van der Waals surface area contributed by atoms with Gasteiger partial charge in [-0.3, -0.25) is 4.79 Å². The number of hydrogen-bond acceptors (Lipinski definition) is 5. The summed E-state index contributed by atoms with van der Waals surface area (Å²) in [5.41, 5.74) is 1.52. The maximum Gasteiger partial charge on any atom is 0.274 e. The van der Waals surface area contributed by atoms with Crippen LogP contribution in [0.5, 0.6) is 5.75 Å². The van der Waals surface area contributed by atoms with Crippen LogP contribution in [0.2, 0.25) is 0 Å². The first-order valence-corrected chi connectivity index (χ1v) is 6.96. The zero-order valence-electron chi connectivity index (χ0n) is 13.1. The largest absolute Gasteiger partial charge is 0.508 e. The molecular formula is C16H20N4O2. The van der Waals surface area contributed by atoms with E-state index in [0.717, 1.165) is 5.56 Å². The fraction of sp³-hybridized carbons (Fsp3) is 0.312. The van der Waals surface area contributed by atoms with E-state index in [1.807, 2.05) is 27.7 Å². The number of amides is 1. The Bertz CT molecular complexity index is 693. The third-order valence-electron chi connectivity index (χ3n) is 2.86. The van der Waals surface area contributed by atoms with Gasteiger partial charge in [0.15, 0.2) is 0 Å². The fourth-order valence-electron chi connectivity index (χ4n) is 1.91. The van der Waals surface area contributed by atoms with Gasteiger partial charge in [0.2, 0.25) is 0 Å². The van der Waals surface area contributed by atoms with Crippen LogP contribution in [0.25, 0.3) is 0 Å². The van der Waals surface area contributed by atoms with Crippen molar-refractivity contribution in [2.24, 2.45) is 0 Å². The molecule has 0 aliphatic rings. The van der Waals surface area contributed by atoms with E-state index in [-0.39, 0.29) is 22.9 Å². The maximum absolute atomic E-state index is 12.3. The van der Waals surface area contributed by atoms with Crippen LogP contribution in [0.15, 0.2) is 30.6 Å². The Labute approximate surface area is 129 Å². The van der Waals surface area contributed by atoms with Gasteiger partial charge in [0.1, 0.15) is 23.6 Å². The lowest BCUT2D eigenvalue weighted by Crippen LogP contribution is -2.27. The summed E-state index contributed by atoms with van der Waals surface area (Å²) in [5.74, 6) is 0.428. The number of hydrogen-bond donors (Lipinski definition) is 3. The van der Waals surface area contributed by atoms with Crippen molar-refractivity contribution in [3.05, 3.63) is 41.9 Å². The Hall–Kier alpha value is -2.63. The Balaban J connectivity index is 2.17. The Morgan fingerprint density at radius 2 is 1.91 bits per heavy atom. The molecule has 0 aliphatic heterocycles. The standard InChI is InChI=1S/C16H20N4O2/c1-10-7-11(21)5-6-12(10)19-15(22)13-8-14(18-9-17-13)20-16(2,3)4/h5-9,21H,1-4H3,(H,19,22)(H,17,18,20). The minimum Gasteiger partial charge on any atom is -0.508 e. The van der Waals surface area contributed by atoms with Gasteiger partial charge in [-0.15, -0.1) is 0 Å². The minimum absolute atomic E-state index is 0.157. The van der Waals surface area contributed by atoms with Crippen LogP contribution in [0.4, 0.5) is 11.5 Å². The number of nitrogens with one attached hydrogen (secondary N) is 2. The third kappa shape index (κ3) is 4.18. The smallest absolute Gasteiger partial charge is 0.274 e. The molecule has 1 heterocycles. The summed E-state index contributed by atoms with van der Waals surface area (Å²) in [5, 5.41) is 15.4. The van der Waals surface area contributed by atoms with Crippen molar-refractivity contribution in [2.45, 2.75) is 33.2 Å². The van der Waals surface area contributed by atoms with Crippen LogP contribution >= 0.6 is 0 Å². The molecule has 1 aromatic heterocycles. The highest BCUT2D eigenvalue weighted by Gasteiger charge is 2.14. The van der Waals surface area contributed by atoms with Gasteiger partial charge in [-0.05, 0) is 51.5 Å². The first-order valence-electron chi connectivity index (χ1n) is 6.96. The van der Waals surface area contributed by atoms with E-state index in [9.17, 15) is 9.90 Å². The second-order valence-electron chi connectivity index (χ2n) is 6.12. The first-order chi connectivity index (χ1) is 10.2. The van der Waals surface area contributed by atoms with Gasteiger partial charge in [-0.25, -0.2) is 9.97 Å². The number of carbonyl (C=O) groups is 1. The third-order valence-corrected chi connectivity index (χ3v) is 2.86. The van der Waals surface area contributed by atoms with Crippen molar-refractivity contribution < 1.29 is 9.90 Å². The maximum atomic E-state index is 12.3. The summed E-state index contributed by atoms with van der Waals surface area (Å²) in [6, 6.07) is 6.37. The Morgan fingerprint density at radius 3 is 2.55 bits per heavy atom. The van der Waals surface area contributed by atoms with E-state index in [2.05, 4.69) is 20.6 Å². The quantitative estimate of drug-likeness (QED) is 0.759. The number of aromatic hydroxyl groups is 1. The van der Waals surface area contributed by atoms with Gasteiger partial charge in [-0.1, -0.05) is 0 Å². The van der Waals surface area contributed by atoms with Gasteiger partial charge in [-0.2, -0.15) is 0 Å². The van der Waals surface area contributed by atoms with Crippen molar-refractivity contribution >= 4 is 17.4 Å². The van der Waals surface area contributed by atoms with Gasteiger partial charge < -0.3 is 15.7 Å². The fourth-order valence-corrected chi connectivity index (χ4v) is 1.91. The van der Waals surface area contributed by atoms with Crippen molar-refractivity contribution in [3.8, 4) is 5.75 Å². The second-order valence-corrected chi connectivity index (χ2v) is 6.12. The summed E-state index contributed by atoms with van der Waals surface area (Å²) in [7, 11) is 0. The SMILES string of the molecule is Cc1cc(O)ccc1NC(=O)c1cc(NC(C)(C)C)ncn1. The van der Waals surface area contributed by atoms with E-state index in [0.29, 0.717) is 11.5 Å². The molecule has 1 aromatic carbocycles. The van der Waals surface area contributed by atoms with Crippen molar-refractivity contribution in [1.82, 2.24) is 9.97 Å². The van der Waals surface area contributed by atoms with Crippen LogP contribution in [0.3, 0.4) is 0 Å². The van der Waals surface area contributed by atoms with Crippen LogP contribution in [-0.4, -0.2) is 26.5 Å². The molecule has 2 aromatic rings. The van der Waals surface area contributed by atoms with Crippen molar-refractivity contribution in [2.75, 3.05) is 10.6 Å². The van der Waals surface area contributed by atoms with Gasteiger partial charge in [0, 0.05) is 17.3 Å². The topological polar surface area (TPSA) is 87.1 Å². The summed E-state index contributed by atoms with van der Waals surface area (Å²) in [4.78, 5) is 20.4. The number of aryl methyl sites for hydroxylation is 1. The molecule has 0 bridgehead atoms.